The van der Waals surface area contributed by atoms with Crippen molar-refractivity contribution in [3.05, 3.63) is 47.2 Å². The number of halogens is 1. The molecule has 3 aromatic heterocycles. The first-order valence-electron chi connectivity index (χ1n) is 9.17. The summed E-state index contributed by atoms with van der Waals surface area (Å²) < 4.78 is 2.65. The highest BCUT2D eigenvalue weighted by molar-refractivity contribution is 9.10. The Morgan fingerprint density at radius 2 is 2.18 bits per heavy atom. The molecule has 4 heterocycles. The average Bonchev–Trinajstić information content (AvgIpc) is 3.13. The summed E-state index contributed by atoms with van der Waals surface area (Å²) in [5, 5.41) is 5.78. The largest absolute Gasteiger partial charge is 0.404 e. The molecule has 1 fully saturated rings. The van der Waals surface area contributed by atoms with Crippen molar-refractivity contribution < 1.29 is 5.41 Å². The van der Waals surface area contributed by atoms with Gasteiger partial charge in [0.2, 0.25) is 0 Å². The highest BCUT2D eigenvalue weighted by atomic mass is 79.9. The zero-order chi connectivity index (χ0) is 19.7. The lowest BCUT2D eigenvalue weighted by Gasteiger charge is -2.40. The molecule has 1 aliphatic heterocycles. The lowest BCUT2D eigenvalue weighted by Crippen LogP contribution is -2.46. The molecule has 28 heavy (non-hydrogen) atoms. The summed E-state index contributed by atoms with van der Waals surface area (Å²) in [5.41, 5.74) is 8.32. The van der Waals surface area contributed by atoms with Gasteiger partial charge in [-0.25, -0.2) is 19.9 Å². The maximum Gasteiger partial charge on any atom is 0.180 e. The highest BCUT2D eigenvalue weighted by Crippen LogP contribution is 2.32. The summed E-state index contributed by atoms with van der Waals surface area (Å²) in [4.78, 5) is 20.2. The van der Waals surface area contributed by atoms with Crippen molar-refractivity contribution in [2.75, 3.05) is 11.4 Å². The molecule has 2 unspecified atom stereocenters. The zero-order valence-corrected chi connectivity index (χ0v) is 17.1. The number of aromatic nitrogens is 5. The van der Waals surface area contributed by atoms with E-state index in [1.165, 1.54) is 0 Å². The molecule has 1 saturated heterocycles. The summed E-state index contributed by atoms with van der Waals surface area (Å²) in [6.45, 7) is 3.12. The molecule has 8 nitrogen and oxygen atoms in total. The molecule has 1 aliphatic rings. The third-order valence-corrected chi connectivity index (χ3v) is 5.74. The van der Waals surface area contributed by atoms with E-state index in [4.69, 9.17) is 16.1 Å². The fraction of sp³-hybridized carbons (Fsp3) is 0.316. The van der Waals surface area contributed by atoms with Crippen LogP contribution in [0.1, 0.15) is 19.8 Å². The third kappa shape index (κ3) is 3.26. The monoisotopic (exact) mass is 441 g/mol. The van der Waals surface area contributed by atoms with Gasteiger partial charge in [0, 0.05) is 42.7 Å². The lowest BCUT2D eigenvalue weighted by atomic mass is 9.84. The third-order valence-electron chi connectivity index (χ3n) is 5.33. The minimum Gasteiger partial charge on any atom is -0.404 e. The lowest BCUT2D eigenvalue weighted by molar-refractivity contribution is -0.105. The standard InChI is InChI=1S/C19H21BrN8/c1-12-14(13(7-21)8-22)3-2-6-27(12)17-4-5-23-19(26-17)15-9-25-18-10-24-16(20)11-28(15)18/h4-5,7-12,14,21H,2-3,6,22H2,1H3/p+1/b13-8+,21-7?. The summed E-state index contributed by atoms with van der Waals surface area (Å²) in [6, 6.07) is 2.17. The van der Waals surface area contributed by atoms with Gasteiger partial charge in [-0.15, -0.1) is 0 Å². The Labute approximate surface area is 171 Å². The van der Waals surface area contributed by atoms with Crippen molar-refractivity contribution in [1.82, 2.24) is 24.3 Å². The van der Waals surface area contributed by atoms with Crippen molar-refractivity contribution >= 4 is 33.6 Å². The highest BCUT2D eigenvalue weighted by Gasteiger charge is 2.31. The SMILES string of the molecule is CC1C(/C(C=[NH2+])=C/N)CCCN1c1ccnc(-c2cnc3cnc(Br)cn23)n1. The topological polar surface area (TPSA) is 111 Å². The Morgan fingerprint density at radius 3 is 2.96 bits per heavy atom. The number of anilines is 1. The van der Waals surface area contributed by atoms with E-state index in [9.17, 15) is 0 Å². The van der Waals surface area contributed by atoms with Gasteiger partial charge in [-0.2, -0.15) is 0 Å². The summed E-state index contributed by atoms with van der Waals surface area (Å²) in [6.07, 6.45) is 12.5. The van der Waals surface area contributed by atoms with Crippen molar-refractivity contribution in [3.63, 3.8) is 0 Å². The van der Waals surface area contributed by atoms with Crippen LogP contribution in [-0.2, 0) is 0 Å². The normalized spacial score (nSPS) is 20.5. The predicted molar refractivity (Wildman–Crippen MR) is 112 cm³/mol. The first-order valence-corrected chi connectivity index (χ1v) is 9.97. The van der Waals surface area contributed by atoms with E-state index in [0.29, 0.717) is 5.82 Å². The second-order valence-electron chi connectivity index (χ2n) is 6.84. The minimum atomic E-state index is 0.228. The Hall–Kier alpha value is -2.81. The Kier molecular flexibility index (Phi) is 5.08. The van der Waals surface area contributed by atoms with Gasteiger partial charge >= 0.3 is 0 Å². The summed E-state index contributed by atoms with van der Waals surface area (Å²) in [7, 11) is 0. The van der Waals surface area contributed by atoms with Gasteiger partial charge in [0.25, 0.3) is 0 Å². The van der Waals surface area contributed by atoms with Crippen LogP contribution in [0.5, 0.6) is 0 Å². The van der Waals surface area contributed by atoms with Crippen LogP contribution in [0.25, 0.3) is 17.2 Å². The molecule has 0 bridgehead atoms. The van der Waals surface area contributed by atoms with Gasteiger partial charge < -0.3 is 10.6 Å². The Morgan fingerprint density at radius 1 is 1.32 bits per heavy atom. The number of nitrogens with zero attached hydrogens (tertiary/aromatic N) is 6. The fourth-order valence-electron chi connectivity index (χ4n) is 3.88. The maximum absolute atomic E-state index is 5.78. The molecule has 0 radical (unpaired) electrons. The van der Waals surface area contributed by atoms with E-state index in [0.717, 1.165) is 46.7 Å². The quantitative estimate of drug-likeness (QED) is 0.588. The van der Waals surface area contributed by atoms with Gasteiger partial charge in [0.1, 0.15) is 16.1 Å². The van der Waals surface area contributed by atoms with Crippen LogP contribution in [0.4, 0.5) is 5.82 Å². The number of imidazole rings is 1. The fourth-order valence-corrected chi connectivity index (χ4v) is 4.19. The van der Waals surface area contributed by atoms with E-state index in [1.54, 1.807) is 31.0 Å². The molecule has 0 amide bonds. The number of hydrogen-bond donors (Lipinski definition) is 2. The number of nitrogens with two attached hydrogens (primary N) is 2. The molecule has 144 valence electrons. The molecular formula is C19H22BrN8+. The zero-order valence-electron chi connectivity index (χ0n) is 15.5. The van der Waals surface area contributed by atoms with Crippen LogP contribution >= 0.6 is 15.9 Å². The van der Waals surface area contributed by atoms with Crippen molar-refractivity contribution in [2.45, 2.75) is 25.8 Å². The molecule has 4 N–H and O–H groups in total. The van der Waals surface area contributed by atoms with Crippen LogP contribution in [0.2, 0.25) is 0 Å². The number of fused-ring (bicyclic) bond motifs is 1. The predicted octanol–water partition coefficient (Wildman–Crippen LogP) is 1.23. The van der Waals surface area contributed by atoms with Gasteiger partial charge in [-0.05, 0) is 41.8 Å². The van der Waals surface area contributed by atoms with Gasteiger partial charge in [0.05, 0.1) is 12.4 Å². The van der Waals surface area contributed by atoms with Gasteiger partial charge in [-0.3, -0.25) is 9.81 Å². The van der Waals surface area contributed by atoms with Crippen molar-refractivity contribution in [3.8, 4) is 11.5 Å². The van der Waals surface area contributed by atoms with Gasteiger partial charge in [-0.1, -0.05) is 0 Å². The number of hydrogen-bond acceptors (Lipinski definition) is 6. The van der Waals surface area contributed by atoms with Crippen LogP contribution in [0.15, 0.2) is 47.2 Å². The Bertz CT molecular complexity index is 1040. The first-order chi connectivity index (χ1) is 13.6. The molecule has 0 saturated carbocycles. The molecule has 0 aromatic carbocycles. The van der Waals surface area contributed by atoms with Crippen LogP contribution in [-0.4, -0.2) is 43.1 Å². The van der Waals surface area contributed by atoms with E-state index < -0.39 is 0 Å². The molecule has 4 rings (SSSR count). The minimum absolute atomic E-state index is 0.228. The molecule has 3 aromatic rings. The average molecular weight is 442 g/mol. The van der Waals surface area contributed by atoms with E-state index in [1.807, 2.05) is 16.7 Å². The van der Waals surface area contributed by atoms with Crippen molar-refractivity contribution in [1.29, 1.82) is 0 Å². The van der Waals surface area contributed by atoms with E-state index in [2.05, 4.69) is 42.7 Å². The maximum atomic E-state index is 5.78. The molecule has 0 spiro atoms. The van der Waals surface area contributed by atoms with E-state index >= 15 is 0 Å². The van der Waals surface area contributed by atoms with Crippen LogP contribution < -0.4 is 16.0 Å². The van der Waals surface area contributed by atoms with Crippen LogP contribution in [0.3, 0.4) is 0 Å². The summed E-state index contributed by atoms with van der Waals surface area (Å²) >= 11 is 3.40. The summed E-state index contributed by atoms with van der Waals surface area (Å²) in [5.74, 6) is 1.79. The number of rotatable bonds is 4. The number of piperidine rings is 1. The first kappa shape index (κ1) is 18.5. The molecule has 0 aliphatic carbocycles. The second kappa shape index (κ2) is 7.67. The van der Waals surface area contributed by atoms with E-state index in [-0.39, 0.29) is 12.0 Å². The van der Waals surface area contributed by atoms with Gasteiger partial charge in [0.15, 0.2) is 17.7 Å². The molecular weight excluding hydrogens is 420 g/mol. The molecule has 9 heteroatoms. The van der Waals surface area contributed by atoms with Crippen LogP contribution in [0, 0.1) is 5.92 Å². The smallest absolute Gasteiger partial charge is 0.180 e. The molecule has 2 atom stereocenters. The Balaban J connectivity index is 1.70. The van der Waals surface area contributed by atoms with Crippen molar-refractivity contribution in [2.24, 2.45) is 11.7 Å². The second-order valence-corrected chi connectivity index (χ2v) is 7.65.